The summed E-state index contributed by atoms with van der Waals surface area (Å²) in [6.45, 7) is 6.30. The fourth-order valence-corrected chi connectivity index (χ4v) is 2.23. The van der Waals surface area contributed by atoms with Crippen molar-refractivity contribution in [1.82, 2.24) is 20.0 Å². The average molecular weight is 273 g/mol. The molecule has 0 atom stereocenters. The smallest absolute Gasteiger partial charge is 0.276 e. The van der Waals surface area contributed by atoms with E-state index in [1.165, 1.54) is 12.8 Å². The zero-order valence-corrected chi connectivity index (χ0v) is 12.0. The van der Waals surface area contributed by atoms with E-state index in [2.05, 4.69) is 41.4 Å². The normalized spacial score (nSPS) is 15.3. The summed E-state index contributed by atoms with van der Waals surface area (Å²) >= 11 is 0. The quantitative estimate of drug-likeness (QED) is 0.902. The minimum absolute atomic E-state index is 0.119. The molecule has 6 heteroatoms. The van der Waals surface area contributed by atoms with Crippen molar-refractivity contribution in [3.05, 3.63) is 29.8 Å². The molecule has 0 unspecified atom stereocenters. The van der Waals surface area contributed by atoms with Gasteiger partial charge in [0.2, 0.25) is 0 Å². The highest BCUT2D eigenvalue weighted by Gasteiger charge is 2.32. The van der Waals surface area contributed by atoms with Crippen molar-refractivity contribution < 1.29 is 4.79 Å². The first kappa shape index (κ1) is 12.9. The molecule has 2 N–H and O–H groups in total. The number of amides is 1. The average Bonchev–Trinajstić information content (AvgIpc) is 2.90. The summed E-state index contributed by atoms with van der Waals surface area (Å²) in [6, 6.07) is 1.92. The van der Waals surface area contributed by atoms with E-state index in [1.807, 2.05) is 10.7 Å². The number of nitrogens with zero attached hydrogens (tertiary/aromatic N) is 3. The SMILES string of the molecule is CC(C)(C)n1nc(C(=O)Nc2cn[nH]c2)cc1C1CC1. The molecule has 6 nitrogen and oxygen atoms in total. The highest BCUT2D eigenvalue weighted by Crippen LogP contribution is 2.41. The van der Waals surface area contributed by atoms with Gasteiger partial charge in [0.05, 0.1) is 17.4 Å². The van der Waals surface area contributed by atoms with Crippen LogP contribution in [0.2, 0.25) is 0 Å². The second-order valence-corrected chi connectivity index (χ2v) is 6.25. The lowest BCUT2D eigenvalue weighted by atomic mass is 10.1. The second-order valence-electron chi connectivity index (χ2n) is 6.25. The van der Waals surface area contributed by atoms with E-state index in [0.717, 1.165) is 5.69 Å². The van der Waals surface area contributed by atoms with Crippen LogP contribution in [-0.2, 0) is 5.54 Å². The molecule has 20 heavy (non-hydrogen) atoms. The minimum atomic E-state index is -0.198. The Hall–Kier alpha value is -2.11. The maximum absolute atomic E-state index is 12.2. The number of anilines is 1. The van der Waals surface area contributed by atoms with Crippen molar-refractivity contribution in [2.75, 3.05) is 5.32 Å². The van der Waals surface area contributed by atoms with Crippen molar-refractivity contribution in [1.29, 1.82) is 0 Å². The molecule has 1 fully saturated rings. The Labute approximate surface area is 117 Å². The lowest BCUT2D eigenvalue weighted by molar-refractivity contribution is 0.102. The van der Waals surface area contributed by atoms with Crippen molar-refractivity contribution >= 4 is 11.6 Å². The van der Waals surface area contributed by atoms with E-state index in [9.17, 15) is 4.79 Å². The summed E-state index contributed by atoms with van der Waals surface area (Å²) in [5.41, 5.74) is 2.15. The third-order valence-corrected chi connectivity index (χ3v) is 3.36. The van der Waals surface area contributed by atoms with E-state index < -0.39 is 0 Å². The molecule has 0 bridgehead atoms. The first-order valence-electron chi connectivity index (χ1n) is 6.86. The highest BCUT2D eigenvalue weighted by molar-refractivity contribution is 6.02. The van der Waals surface area contributed by atoms with Crippen LogP contribution in [0, 0.1) is 0 Å². The topological polar surface area (TPSA) is 75.6 Å². The summed E-state index contributed by atoms with van der Waals surface area (Å²) < 4.78 is 1.98. The maximum Gasteiger partial charge on any atom is 0.276 e. The van der Waals surface area contributed by atoms with Gasteiger partial charge in [0.25, 0.3) is 5.91 Å². The van der Waals surface area contributed by atoms with Crippen LogP contribution in [-0.4, -0.2) is 25.9 Å². The van der Waals surface area contributed by atoms with Gasteiger partial charge in [-0.3, -0.25) is 14.6 Å². The standard InChI is InChI=1S/C14H19N5O/c1-14(2,3)19-12(9-4-5-9)6-11(18-19)13(20)17-10-7-15-16-8-10/h6-9H,4-5H2,1-3H3,(H,15,16)(H,17,20). The van der Waals surface area contributed by atoms with Crippen LogP contribution in [0.15, 0.2) is 18.5 Å². The van der Waals surface area contributed by atoms with Gasteiger partial charge in [-0.2, -0.15) is 10.2 Å². The predicted octanol–water partition coefficient (Wildman–Crippen LogP) is 2.49. The first-order valence-corrected chi connectivity index (χ1v) is 6.86. The minimum Gasteiger partial charge on any atom is -0.318 e. The molecular formula is C14H19N5O. The van der Waals surface area contributed by atoms with Crippen LogP contribution < -0.4 is 5.32 Å². The number of nitrogens with one attached hydrogen (secondary N) is 2. The van der Waals surface area contributed by atoms with Gasteiger partial charge >= 0.3 is 0 Å². The highest BCUT2D eigenvalue weighted by atomic mass is 16.2. The van der Waals surface area contributed by atoms with Crippen LogP contribution in [0.25, 0.3) is 0 Å². The fourth-order valence-electron chi connectivity index (χ4n) is 2.23. The molecule has 2 aromatic heterocycles. The Kier molecular flexibility index (Phi) is 2.88. The summed E-state index contributed by atoms with van der Waals surface area (Å²) in [5, 5.41) is 13.7. The van der Waals surface area contributed by atoms with Crippen molar-refractivity contribution in [2.45, 2.75) is 45.1 Å². The number of hydrogen-bond acceptors (Lipinski definition) is 3. The van der Waals surface area contributed by atoms with Gasteiger partial charge in [-0.25, -0.2) is 0 Å². The monoisotopic (exact) mass is 273 g/mol. The van der Waals surface area contributed by atoms with Gasteiger partial charge in [-0.1, -0.05) is 0 Å². The number of hydrogen-bond donors (Lipinski definition) is 2. The van der Waals surface area contributed by atoms with Gasteiger partial charge in [0.1, 0.15) is 0 Å². The van der Waals surface area contributed by atoms with Crippen LogP contribution in [0.5, 0.6) is 0 Å². The van der Waals surface area contributed by atoms with Gasteiger partial charge in [0.15, 0.2) is 5.69 Å². The number of H-pyrrole nitrogens is 1. The maximum atomic E-state index is 12.2. The third kappa shape index (κ3) is 2.45. The Balaban J connectivity index is 1.88. The largest absolute Gasteiger partial charge is 0.318 e. The third-order valence-electron chi connectivity index (χ3n) is 3.36. The van der Waals surface area contributed by atoms with E-state index in [-0.39, 0.29) is 11.4 Å². The van der Waals surface area contributed by atoms with E-state index in [1.54, 1.807) is 12.4 Å². The van der Waals surface area contributed by atoms with E-state index in [4.69, 9.17) is 0 Å². The van der Waals surface area contributed by atoms with E-state index >= 15 is 0 Å². The second kappa shape index (κ2) is 4.47. The van der Waals surface area contributed by atoms with Crippen LogP contribution in [0.4, 0.5) is 5.69 Å². The number of rotatable bonds is 3. The van der Waals surface area contributed by atoms with Crippen molar-refractivity contribution in [3.63, 3.8) is 0 Å². The lowest BCUT2D eigenvalue weighted by Gasteiger charge is -2.22. The fraction of sp³-hybridized carbons (Fsp3) is 0.500. The molecule has 0 radical (unpaired) electrons. The molecule has 1 saturated carbocycles. The summed E-state index contributed by atoms with van der Waals surface area (Å²) in [7, 11) is 0. The molecule has 1 amide bonds. The number of carbonyl (C=O) groups excluding carboxylic acids is 1. The van der Waals surface area contributed by atoms with Gasteiger partial charge in [0, 0.05) is 17.8 Å². The first-order chi connectivity index (χ1) is 9.45. The predicted molar refractivity (Wildman–Crippen MR) is 75.7 cm³/mol. The number of aromatic amines is 1. The Morgan fingerprint density at radius 2 is 2.20 bits per heavy atom. The zero-order valence-electron chi connectivity index (χ0n) is 12.0. The van der Waals surface area contributed by atoms with Gasteiger partial charge in [-0.05, 0) is 39.7 Å². The van der Waals surface area contributed by atoms with Crippen LogP contribution in [0.1, 0.15) is 55.7 Å². The molecule has 3 rings (SSSR count). The molecule has 0 spiro atoms. The molecular weight excluding hydrogens is 254 g/mol. The van der Waals surface area contributed by atoms with Crippen LogP contribution >= 0.6 is 0 Å². The van der Waals surface area contributed by atoms with Gasteiger partial charge < -0.3 is 5.32 Å². The van der Waals surface area contributed by atoms with Gasteiger partial charge in [-0.15, -0.1) is 0 Å². The van der Waals surface area contributed by atoms with E-state index in [0.29, 0.717) is 17.3 Å². The summed E-state index contributed by atoms with van der Waals surface area (Å²) in [4.78, 5) is 12.2. The summed E-state index contributed by atoms with van der Waals surface area (Å²) in [5.74, 6) is 0.355. The molecule has 2 heterocycles. The molecule has 0 aromatic carbocycles. The zero-order chi connectivity index (χ0) is 14.3. The lowest BCUT2D eigenvalue weighted by Crippen LogP contribution is -2.25. The molecule has 1 aliphatic rings. The summed E-state index contributed by atoms with van der Waals surface area (Å²) in [6.07, 6.45) is 5.58. The molecule has 0 aliphatic heterocycles. The number of aromatic nitrogens is 4. The van der Waals surface area contributed by atoms with Crippen molar-refractivity contribution in [2.24, 2.45) is 0 Å². The van der Waals surface area contributed by atoms with Crippen LogP contribution in [0.3, 0.4) is 0 Å². The Morgan fingerprint density at radius 1 is 1.45 bits per heavy atom. The molecule has 1 aliphatic carbocycles. The molecule has 0 saturated heterocycles. The van der Waals surface area contributed by atoms with Crippen molar-refractivity contribution in [3.8, 4) is 0 Å². The number of carbonyl (C=O) groups is 1. The molecule has 2 aromatic rings. The molecule has 106 valence electrons. The Morgan fingerprint density at radius 3 is 2.75 bits per heavy atom. The Bertz CT molecular complexity index is 617.